The SMILES string of the molecule is Fc1ccc(-c2nccn2C2CC2)c(F)c1. The van der Waals surface area contributed by atoms with Gasteiger partial charge in [0.2, 0.25) is 0 Å². The van der Waals surface area contributed by atoms with Gasteiger partial charge in [-0.1, -0.05) is 0 Å². The zero-order chi connectivity index (χ0) is 11.1. The smallest absolute Gasteiger partial charge is 0.143 e. The van der Waals surface area contributed by atoms with Crippen molar-refractivity contribution in [3.8, 4) is 11.4 Å². The minimum atomic E-state index is -0.564. The number of imidazole rings is 1. The fourth-order valence-electron chi connectivity index (χ4n) is 1.84. The lowest BCUT2D eigenvalue weighted by Crippen LogP contribution is -1.98. The van der Waals surface area contributed by atoms with Crippen LogP contribution in [-0.2, 0) is 0 Å². The van der Waals surface area contributed by atoms with Crippen molar-refractivity contribution < 1.29 is 8.78 Å². The van der Waals surface area contributed by atoms with Crippen LogP contribution in [0.4, 0.5) is 8.78 Å². The third-order valence-corrected chi connectivity index (χ3v) is 2.78. The van der Waals surface area contributed by atoms with Gasteiger partial charge < -0.3 is 4.57 Å². The monoisotopic (exact) mass is 220 g/mol. The van der Waals surface area contributed by atoms with Gasteiger partial charge in [-0.25, -0.2) is 13.8 Å². The Bertz CT molecular complexity index is 530. The van der Waals surface area contributed by atoms with Crippen LogP contribution in [0.25, 0.3) is 11.4 Å². The first-order chi connectivity index (χ1) is 7.75. The van der Waals surface area contributed by atoms with Crippen molar-refractivity contribution in [2.24, 2.45) is 0 Å². The number of aromatic nitrogens is 2. The van der Waals surface area contributed by atoms with Crippen LogP contribution in [0.5, 0.6) is 0 Å². The van der Waals surface area contributed by atoms with Gasteiger partial charge in [0.25, 0.3) is 0 Å². The van der Waals surface area contributed by atoms with Crippen LogP contribution in [0.2, 0.25) is 0 Å². The van der Waals surface area contributed by atoms with E-state index in [1.165, 1.54) is 12.1 Å². The van der Waals surface area contributed by atoms with Crippen molar-refractivity contribution in [1.29, 1.82) is 0 Å². The van der Waals surface area contributed by atoms with E-state index in [1.54, 1.807) is 6.20 Å². The van der Waals surface area contributed by atoms with Crippen molar-refractivity contribution in [3.05, 3.63) is 42.2 Å². The standard InChI is InChI=1S/C12H10F2N2/c13-8-1-4-10(11(14)7-8)12-15-5-6-16(12)9-2-3-9/h1,4-7,9H,2-3H2. The molecule has 1 aliphatic rings. The molecule has 1 heterocycles. The Labute approximate surface area is 91.5 Å². The van der Waals surface area contributed by atoms with E-state index in [4.69, 9.17) is 0 Å². The average Bonchev–Trinajstić information content (AvgIpc) is 2.98. The molecule has 82 valence electrons. The Balaban J connectivity index is 2.10. The first kappa shape index (κ1) is 9.51. The van der Waals surface area contributed by atoms with Crippen LogP contribution in [-0.4, -0.2) is 9.55 Å². The topological polar surface area (TPSA) is 17.8 Å². The van der Waals surface area contributed by atoms with Gasteiger partial charge >= 0.3 is 0 Å². The zero-order valence-electron chi connectivity index (χ0n) is 8.53. The summed E-state index contributed by atoms with van der Waals surface area (Å²) in [5, 5.41) is 0. The quantitative estimate of drug-likeness (QED) is 0.760. The average molecular weight is 220 g/mol. The van der Waals surface area contributed by atoms with Gasteiger partial charge in [-0.3, -0.25) is 0 Å². The molecule has 2 nitrogen and oxygen atoms in total. The minimum absolute atomic E-state index is 0.360. The highest BCUT2D eigenvalue weighted by Gasteiger charge is 2.26. The molecule has 0 amide bonds. The maximum Gasteiger partial charge on any atom is 0.143 e. The summed E-state index contributed by atoms with van der Waals surface area (Å²) in [6.45, 7) is 0. The molecule has 4 heteroatoms. The first-order valence-corrected chi connectivity index (χ1v) is 5.24. The Kier molecular flexibility index (Phi) is 2.02. The van der Waals surface area contributed by atoms with Gasteiger partial charge in [-0.2, -0.15) is 0 Å². The van der Waals surface area contributed by atoms with Gasteiger partial charge in [0, 0.05) is 24.5 Å². The van der Waals surface area contributed by atoms with Crippen LogP contribution in [0.1, 0.15) is 18.9 Å². The van der Waals surface area contributed by atoms with E-state index in [-0.39, 0.29) is 0 Å². The van der Waals surface area contributed by atoms with Gasteiger partial charge in [-0.05, 0) is 25.0 Å². The maximum atomic E-state index is 13.6. The minimum Gasteiger partial charge on any atom is -0.328 e. The van der Waals surface area contributed by atoms with Gasteiger partial charge in [0.15, 0.2) is 0 Å². The van der Waals surface area contributed by atoms with E-state index in [9.17, 15) is 8.78 Å². The summed E-state index contributed by atoms with van der Waals surface area (Å²) in [7, 11) is 0. The molecular weight excluding hydrogens is 210 g/mol. The predicted octanol–water partition coefficient (Wildman–Crippen LogP) is 3.16. The largest absolute Gasteiger partial charge is 0.328 e. The number of benzene rings is 1. The van der Waals surface area contributed by atoms with E-state index in [1.807, 2.05) is 10.8 Å². The molecule has 0 aliphatic heterocycles. The highest BCUT2D eigenvalue weighted by Crippen LogP contribution is 2.38. The maximum absolute atomic E-state index is 13.6. The molecule has 1 aromatic carbocycles. The van der Waals surface area contributed by atoms with Crippen LogP contribution in [0.3, 0.4) is 0 Å². The van der Waals surface area contributed by atoms with Crippen molar-refractivity contribution in [3.63, 3.8) is 0 Å². The van der Waals surface area contributed by atoms with Crippen LogP contribution < -0.4 is 0 Å². The lowest BCUT2D eigenvalue weighted by molar-refractivity contribution is 0.583. The third-order valence-electron chi connectivity index (χ3n) is 2.78. The molecular formula is C12H10F2N2. The Morgan fingerprint density at radius 3 is 2.75 bits per heavy atom. The third kappa shape index (κ3) is 1.50. The van der Waals surface area contributed by atoms with Gasteiger partial charge in [0.05, 0.1) is 5.56 Å². The van der Waals surface area contributed by atoms with Crippen molar-refractivity contribution >= 4 is 0 Å². The second-order valence-electron chi connectivity index (χ2n) is 4.01. The summed E-state index contributed by atoms with van der Waals surface area (Å²) in [6.07, 6.45) is 5.70. The Hall–Kier alpha value is -1.71. The number of halogens is 2. The van der Waals surface area contributed by atoms with Crippen molar-refractivity contribution in [2.75, 3.05) is 0 Å². The summed E-state index contributed by atoms with van der Waals surface area (Å²) < 4.78 is 28.3. The summed E-state index contributed by atoms with van der Waals surface area (Å²) in [5.74, 6) is -0.543. The molecule has 0 N–H and O–H groups in total. The van der Waals surface area contributed by atoms with Crippen LogP contribution in [0.15, 0.2) is 30.6 Å². The molecule has 0 spiro atoms. The lowest BCUT2D eigenvalue weighted by atomic mass is 10.2. The van der Waals surface area contributed by atoms with Crippen molar-refractivity contribution in [2.45, 2.75) is 18.9 Å². The van der Waals surface area contributed by atoms with Gasteiger partial charge in [0.1, 0.15) is 17.5 Å². The molecule has 1 aromatic heterocycles. The molecule has 3 rings (SSSR count). The fraction of sp³-hybridized carbons (Fsp3) is 0.250. The molecule has 0 unspecified atom stereocenters. The van der Waals surface area contributed by atoms with E-state index in [2.05, 4.69) is 4.98 Å². The molecule has 0 bridgehead atoms. The van der Waals surface area contributed by atoms with Gasteiger partial charge in [-0.15, -0.1) is 0 Å². The fourth-order valence-corrected chi connectivity index (χ4v) is 1.84. The molecule has 1 aliphatic carbocycles. The van der Waals surface area contributed by atoms with E-state index in [0.717, 1.165) is 18.9 Å². The molecule has 0 radical (unpaired) electrons. The second-order valence-corrected chi connectivity index (χ2v) is 4.01. The number of hydrogen-bond acceptors (Lipinski definition) is 1. The number of rotatable bonds is 2. The Morgan fingerprint density at radius 2 is 2.06 bits per heavy atom. The van der Waals surface area contributed by atoms with E-state index in [0.29, 0.717) is 17.4 Å². The van der Waals surface area contributed by atoms with Crippen LogP contribution in [0, 0.1) is 11.6 Å². The van der Waals surface area contributed by atoms with E-state index < -0.39 is 11.6 Å². The van der Waals surface area contributed by atoms with Crippen LogP contribution >= 0.6 is 0 Å². The van der Waals surface area contributed by atoms with E-state index >= 15 is 0 Å². The number of hydrogen-bond donors (Lipinski definition) is 0. The normalized spacial score (nSPS) is 15.4. The molecule has 0 saturated heterocycles. The summed E-state index contributed by atoms with van der Waals surface area (Å²) in [6, 6.07) is 4.01. The molecule has 1 fully saturated rings. The zero-order valence-corrected chi connectivity index (χ0v) is 8.53. The molecule has 2 aromatic rings. The summed E-state index contributed by atoms with van der Waals surface area (Å²) in [5.41, 5.74) is 0.360. The highest BCUT2D eigenvalue weighted by molar-refractivity contribution is 5.56. The molecule has 0 atom stereocenters. The highest BCUT2D eigenvalue weighted by atomic mass is 19.1. The second kappa shape index (κ2) is 3.40. The predicted molar refractivity (Wildman–Crippen MR) is 55.9 cm³/mol. The Morgan fingerprint density at radius 1 is 1.25 bits per heavy atom. The lowest BCUT2D eigenvalue weighted by Gasteiger charge is -2.06. The molecule has 1 saturated carbocycles. The number of nitrogens with zero attached hydrogens (tertiary/aromatic N) is 2. The first-order valence-electron chi connectivity index (χ1n) is 5.24. The summed E-state index contributed by atoms with van der Waals surface area (Å²) >= 11 is 0. The summed E-state index contributed by atoms with van der Waals surface area (Å²) in [4.78, 5) is 4.14. The van der Waals surface area contributed by atoms with Crippen molar-refractivity contribution in [1.82, 2.24) is 9.55 Å². The molecule has 16 heavy (non-hydrogen) atoms.